The van der Waals surface area contributed by atoms with Gasteiger partial charge in [0.2, 0.25) is 0 Å². The van der Waals surface area contributed by atoms with Crippen LogP contribution in [0.1, 0.15) is 16.1 Å². The highest BCUT2D eigenvalue weighted by Gasteiger charge is 2.20. The SMILES string of the molecule is COC(=O)c1ccc(OCc2csc(-c3ccc(OC)cc3OC)n2)c([N+](=O)[O-])c1. The van der Waals surface area contributed by atoms with Crippen LogP contribution in [0.5, 0.6) is 17.2 Å². The lowest BCUT2D eigenvalue weighted by molar-refractivity contribution is -0.386. The number of aromatic nitrogens is 1. The number of benzene rings is 2. The summed E-state index contributed by atoms with van der Waals surface area (Å²) in [6.45, 7) is 0.0212. The number of esters is 1. The number of hydrogen-bond donors (Lipinski definition) is 0. The van der Waals surface area contributed by atoms with Crippen molar-refractivity contribution in [2.75, 3.05) is 21.3 Å². The molecule has 9 nitrogen and oxygen atoms in total. The molecule has 0 aliphatic heterocycles. The molecule has 0 atom stereocenters. The van der Waals surface area contributed by atoms with Crippen molar-refractivity contribution in [1.82, 2.24) is 4.98 Å². The Bertz CT molecular complexity index is 1080. The third-order valence-electron chi connectivity index (χ3n) is 4.14. The van der Waals surface area contributed by atoms with Gasteiger partial charge >= 0.3 is 11.7 Å². The quantitative estimate of drug-likeness (QED) is 0.298. The largest absolute Gasteiger partial charge is 0.497 e. The van der Waals surface area contributed by atoms with Crippen LogP contribution in [0, 0.1) is 10.1 Å². The van der Waals surface area contributed by atoms with E-state index in [4.69, 9.17) is 14.2 Å². The van der Waals surface area contributed by atoms with Gasteiger partial charge in [-0.05, 0) is 24.3 Å². The highest BCUT2D eigenvalue weighted by Crippen LogP contribution is 2.35. The molecule has 1 heterocycles. The second kappa shape index (κ2) is 9.23. The molecule has 3 aromatic rings. The summed E-state index contributed by atoms with van der Waals surface area (Å²) in [4.78, 5) is 26.8. The fourth-order valence-corrected chi connectivity index (χ4v) is 3.48. The highest BCUT2D eigenvalue weighted by molar-refractivity contribution is 7.13. The van der Waals surface area contributed by atoms with Gasteiger partial charge in [0.15, 0.2) is 5.75 Å². The minimum absolute atomic E-state index is 0.0212. The van der Waals surface area contributed by atoms with E-state index in [1.165, 1.54) is 30.6 Å². The van der Waals surface area contributed by atoms with E-state index in [0.717, 1.165) is 11.6 Å². The minimum atomic E-state index is -0.665. The van der Waals surface area contributed by atoms with Crippen molar-refractivity contribution >= 4 is 23.0 Å². The smallest absolute Gasteiger partial charge is 0.338 e. The number of rotatable bonds is 8. The van der Waals surface area contributed by atoms with E-state index >= 15 is 0 Å². The zero-order chi connectivity index (χ0) is 21.7. The Balaban J connectivity index is 1.79. The van der Waals surface area contributed by atoms with Crippen LogP contribution in [0.3, 0.4) is 0 Å². The van der Waals surface area contributed by atoms with Crippen LogP contribution in [0.2, 0.25) is 0 Å². The second-order valence-corrected chi connectivity index (χ2v) is 6.79. The molecule has 0 bridgehead atoms. The Kier molecular flexibility index (Phi) is 6.48. The summed E-state index contributed by atoms with van der Waals surface area (Å²) in [7, 11) is 4.34. The predicted molar refractivity (Wildman–Crippen MR) is 109 cm³/mol. The van der Waals surface area contributed by atoms with Crippen molar-refractivity contribution in [1.29, 1.82) is 0 Å². The number of methoxy groups -OCH3 is 3. The van der Waals surface area contributed by atoms with Gasteiger partial charge in [0.1, 0.15) is 23.1 Å². The Morgan fingerprint density at radius 1 is 1.10 bits per heavy atom. The monoisotopic (exact) mass is 430 g/mol. The van der Waals surface area contributed by atoms with Crippen molar-refractivity contribution in [3.05, 3.63) is 63.1 Å². The van der Waals surface area contributed by atoms with Gasteiger partial charge in [-0.25, -0.2) is 9.78 Å². The summed E-state index contributed by atoms with van der Waals surface area (Å²) < 4.78 is 20.8. The lowest BCUT2D eigenvalue weighted by Crippen LogP contribution is -2.04. The van der Waals surface area contributed by atoms with Crippen LogP contribution in [-0.2, 0) is 11.3 Å². The number of nitro benzene ring substituents is 1. The van der Waals surface area contributed by atoms with Crippen LogP contribution < -0.4 is 14.2 Å². The van der Waals surface area contributed by atoms with Crippen LogP contribution in [0.15, 0.2) is 41.8 Å². The van der Waals surface area contributed by atoms with Crippen molar-refractivity contribution < 1.29 is 28.7 Å². The number of nitrogens with zero attached hydrogens (tertiary/aromatic N) is 2. The molecule has 10 heteroatoms. The number of thiazole rings is 1. The molecule has 2 aromatic carbocycles. The van der Waals surface area contributed by atoms with Gasteiger partial charge in [-0.2, -0.15) is 0 Å². The topological polar surface area (TPSA) is 110 Å². The van der Waals surface area contributed by atoms with E-state index in [0.29, 0.717) is 22.2 Å². The van der Waals surface area contributed by atoms with Gasteiger partial charge in [0, 0.05) is 17.5 Å². The number of carbonyl (C=O) groups is 1. The average molecular weight is 430 g/mol. The molecular weight excluding hydrogens is 412 g/mol. The zero-order valence-electron chi connectivity index (χ0n) is 16.4. The molecule has 0 N–H and O–H groups in total. The van der Waals surface area contributed by atoms with Crippen LogP contribution in [-0.4, -0.2) is 37.2 Å². The van der Waals surface area contributed by atoms with E-state index < -0.39 is 10.9 Å². The van der Waals surface area contributed by atoms with Crippen molar-refractivity contribution in [3.63, 3.8) is 0 Å². The fourth-order valence-electron chi connectivity index (χ4n) is 2.65. The summed E-state index contributed by atoms with van der Waals surface area (Å²) in [5, 5.41) is 13.9. The van der Waals surface area contributed by atoms with Gasteiger partial charge in [-0.1, -0.05) is 0 Å². The molecule has 1 aromatic heterocycles. The predicted octanol–water partition coefficient (Wildman–Crippen LogP) is 4.10. The second-order valence-electron chi connectivity index (χ2n) is 5.93. The first-order valence-electron chi connectivity index (χ1n) is 8.63. The van der Waals surface area contributed by atoms with E-state index in [-0.39, 0.29) is 23.6 Å². The summed E-state index contributed by atoms with van der Waals surface area (Å²) in [6.07, 6.45) is 0. The van der Waals surface area contributed by atoms with E-state index in [2.05, 4.69) is 9.72 Å². The molecule has 0 aliphatic rings. The fraction of sp³-hybridized carbons (Fsp3) is 0.200. The molecule has 0 aliphatic carbocycles. The lowest BCUT2D eigenvalue weighted by Gasteiger charge is -2.08. The van der Waals surface area contributed by atoms with Gasteiger partial charge in [0.25, 0.3) is 0 Å². The van der Waals surface area contributed by atoms with Gasteiger partial charge < -0.3 is 18.9 Å². The minimum Gasteiger partial charge on any atom is -0.497 e. The Labute approximate surface area is 175 Å². The van der Waals surface area contributed by atoms with Crippen LogP contribution in [0.25, 0.3) is 10.6 Å². The molecule has 0 fully saturated rings. The van der Waals surface area contributed by atoms with E-state index in [1.807, 2.05) is 12.1 Å². The van der Waals surface area contributed by atoms with Gasteiger partial charge in [-0.15, -0.1) is 11.3 Å². The third-order valence-corrected chi connectivity index (χ3v) is 5.07. The number of ether oxygens (including phenoxy) is 4. The van der Waals surface area contributed by atoms with E-state index in [9.17, 15) is 14.9 Å². The Morgan fingerprint density at radius 3 is 2.57 bits per heavy atom. The molecule has 0 amide bonds. The molecule has 0 saturated heterocycles. The average Bonchev–Trinajstić information content (AvgIpc) is 3.25. The van der Waals surface area contributed by atoms with Gasteiger partial charge in [0.05, 0.1) is 43.1 Å². The summed E-state index contributed by atoms with van der Waals surface area (Å²) in [5.41, 5.74) is 1.13. The molecule has 156 valence electrons. The first kappa shape index (κ1) is 21.1. The molecule has 0 saturated carbocycles. The van der Waals surface area contributed by atoms with Crippen LogP contribution >= 0.6 is 11.3 Å². The summed E-state index contributed by atoms with van der Waals surface area (Å²) in [5.74, 6) is 0.648. The zero-order valence-corrected chi connectivity index (χ0v) is 17.2. The van der Waals surface area contributed by atoms with Gasteiger partial charge in [-0.3, -0.25) is 10.1 Å². The molecule has 0 unspecified atom stereocenters. The third kappa shape index (κ3) is 4.49. The summed E-state index contributed by atoms with van der Waals surface area (Å²) in [6, 6.07) is 9.31. The maximum Gasteiger partial charge on any atom is 0.338 e. The Hall–Kier alpha value is -3.66. The van der Waals surface area contributed by atoms with Crippen molar-refractivity contribution in [3.8, 4) is 27.8 Å². The lowest BCUT2D eigenvalue weighted by atomic mass is 10.2. The molecular formula is C20H18N2O7S. The Morgan fingerprint density at radius 2 is 1.90 bits per heavy atom. The first-order chi connectivity index (χ1) is 14.5. The number of nitro groups is 1. The molecule has 30 heavy (non-hydrogen) atoms. The van der Waals surface area contributed by atoms with Crippen molar-refractivity contribution in [2.45, 2.75) is 6.61 Å². The molecule has 0 spiro atoms. The number of hydrogen-bond acceptors (Lipinski definition) is 9. The maximum atomic E-state index is 11.6. The summed E-state index contributed by atoms with van der Waals surface area (Å²) >= 11 is 1.39. The van der Waals surface area contributed by atoms with Crippen molar-refractivity contribution in [2.24, 2.45) is 0 Å². The maximum absolute atomic E-state index is 11.6. The molecule has 3 rings (SSSR count). The normalized spacial score (nSPS) is 10.4. The standard InChI is InChI=1S/C20H18N2O7S/c1-26-14-5-6-15(18(9-14)27-2)19-21-13(11-30-19)10-29-17-7-4-12(20(23)28-3)8-16(17)22(24)25/h4-9,11H,10H2,1-3H3. The van der Waals surface area contributed by atoms with Crippen LogP contribution in [0.4, 0.5) is 5.69 Å². The number of carbonyl (C=O) groups excluding carboxylic acids is 1. The first-order valence-corrected chi connectivity index (χ1v) is 9.51. The highest BCUT2D eigenvalue weighted by atomic mass is 32.1. The molecule has 0 radical (unpaired) electrons. The van der Waals surface area contributed by atoms with E-state index in [1.54, 1.807) is 25.7 Å².